The van der Waals surface area contributed by atoms with Crippen LogP contribution in [-0.2, 0) is 4.74 Å². The van der Waals surface area contributed by atoms with Gasteiger partial charge in [0.15, 0.2) is 0 Å². The van der Waals surface area contributed by atoms with Crippen LogP contribution in [0.25, 0.3) is 0 Å². The van der Waals surface area contributed by atoms with E-state index in [1.165, 1.54) is 38.8 Å². The number of rotatable bonds is 9. The summed E-state index contributed by atoms with van der Waals surface area (Å²) in [6.07, 6.45) is 6.36. The van der Waals surface area contributed by atoms with Gasteiger partial charge in [-0.05, 0) is 50.4 Å². The summed E-state index contributed by atoms with van der Waals surface area (Å²) in [7, 11) is 1.83. The number of unbranched alkanes of at least 4 members (excludes halogenated alkanes) is 2. The molecule has 1 heterocycles. The number of hydrogen-bond donors (Lipinski definition) is 0. The molecule has 2 atom stereocenters. The maximum absolute atomic E-state index is 6.02. The van der Waals surface area contributed by atoms with Gasteiger partial charge >= 0.3 is 0 Å². The first-order valence-corrected chi connectivity index (χ1v) is 9.72. The van der Waals surface area contributed by atoms with Crippen molar-refractivity contribution in [2.45, 2.75) is 45.1 Å². The highest BCUT2D eigenvalue weighted by Gasteiger charge is 2.28. The number of likely N-dealkylation sites (tertiary alicyclic amines) is 1. The molecule has 24 heavy (non-hydrogen) atoms. The smallest absolute Gasteiger partial charge is 0.120 e. The standard InChI is InChI=1S/C19H29Cl2NO2/c1-3-4-5-10-22-11-8-15(19(14-22)23-2)9-12-24-16-6-7-17(20)18(21)13-16/h6-7,13,15,19H,3-5,8-12,14H2,1-2H3/t15-,19+/m0/s1. The Hall–Kier alpha value is -0.480. The topological polar surface area (TPSA) is 21.7 Å². The first kappa shape index (κ1) is 19.8. The zero-order chi connectivity index (χ0) is 17.4. The van der Waals surface area contributed by atoms with Gasteiger partial charge in [-0.3, -0.25) is 0 Å². The lowest BCUT2D eigenvalue weighted by Gasteiger charge is -2.37. The Morgan fingerprint density at radius 2 is 2.04 bits per heavy atom. The Morgan fingerprint density at radius 3 is 2.75 bits per heavy atom. The van der Waals surface area contributed by atoms with Gasteiger partial charge in [0.2, 0.25) is 0 Å². The molecule has 136 valence electrons. The quantitative estimate of drug-likeness (QED) is 0.548. The fraction of sp³-hybridized carbons (Fsp3) is 0.684. The second-order valence-corrected chi connectivity index (χ2v) is 7.36. The van der Waals surface area contributed by atoms with Gasteiger partial charge in [-0.2, -0.15) is 0 Å². The molecule has 2 rings (SSSR count). The second kappa shape index (κ2) is 10.5. The molecule has 1 aromatic rings. The third-order valence-corrected chi connectivity index (χ3v) is 5.55. The first-order valence-electron chi connectivity index (χ1n) is 8.97. The number of piperidine rings is 1. The van der Waals surface area contributed by atoms with E-state index < -0.39 is 0 Å². The second-order valence-electron chi connectivity index (χ2n) is 6.54. The molecule has 0 unspecified atom stereocenters. The van der Waals surface area contributed by atoms with Crippen molar-refractivity contribution in [3.05, 3.63) is 28.2 Å². The summed E-state index contributed by atoms with van der Waals surface area (Å²) in [5.74, 6) is 1.33. The fourth-order valence-electron chi connectivity index (χ4n) is 3.31. The SMILES string of the molecule is CCCCCN1CC[C@@H](CCOc2ccc(Cl)c(Cl)c2)[C@H](OC)C1. The molecule has 0 aliphatic carbocycles. The van der Waals surface area contributed by atoms with Crippen molar-refractivity contribution in [2.24, 2.45) is 5.92 Å². The van der Waals surface area contributed by atoms with Crippen LogP contribution in [0.5, 0.6) is 5.75 Å². The van der Waals surface area contributed by atoms with Crippen molar-refractivity contribution in [1.82, 2.24) is 4.90 Å². The average molecular weight is 374 g/mol. The van der Waals surface area contributed by atoms with Gasteiger partial charge in [0.25, 0.3) is 0 Å². The maximum atomic E-state index is 6.02. The van der Waals surface area contributed by atoms with Crippen molar-refractivity contribution >= 4 is 23.2 Å². The molecule has 0 N–H and O–H groups in total. The minimum atomic E-state index is 0.304. The van der Waals surface area contributed by atoms with Crippen LogP contribution in [0.1, 0.15) is 39.0 Å². The summed E-state index contributed by atoms with van der Waals surface area (Å²) in [4.78, 5) is 2.54. The van der Waals surface area contributed by atoms with Crippen molar-refractivity contribution < 1.29 is 9.47 Å². The summed E-state index contributed by atoms with van der Waals surface area (Å²) in [6.45, 7) is 6.33. The minimum absolute atomic E-state index is 0.304. The number of methoxy groups -OCH3 is 1. The zero-order valence-corrected chi connectivity index (χ0v) is 16.3. The molecule has 3 nitrogen and oxygen atoms in total. The van der Waals surface area contributed by atoms with Crippen LogP contribution in [0.4, 0.5) is 0 Å². The molecule has 0 spiro atoms. The van der Waals surface area contributed by atoms with E-state index in [-0.39, 0.29) is 0 Å². The monoisotopic (exact) mass is 373 g/mol. The van der Waals surface area contributed by atoms with E-state index in [1.807, 2.05) is 13.2 Å². The van der Waals surface area contributed by atoms with Crippen LogP contribution in [0.3, 0.4) is 0 Å². The molecule has 0 saturated carbocycles. The summed E-state index contributed by atoms with van der Waals surface area (Å²) in [5, 5.41) is 1.09. The summed E-state index contributed by atoms with van der Waals surface area (Å²) in [6, 6.07) is 5.40. The Balaban J connectivity index is 1.74. The minimum Gasteiger partial charge on any atom is -0.494 e. The van der Waals surface area contributed by atoms with Crippen molar-refractivity contribution in [3.8, 4) is 5.75 Å². The van der Waals surface area contributed by atoms with Gasteiger partial charge in [-0.25, -0.2) is 0 Å². The van der Waals surface area contributed by atoms with Gasteiger partial charge in [-0.15, -0.1) is 0 Å². The predicted molar refractivity (Wildman–Crippen MR) is 101 cm³/mol. The summed E-state index contributed by atoms with van der Waals surface area (Å²) in [5.41, 5.74) is 0. The molecular formula is C19H29Cl2NO2. The highest BCUT2D eigenvalue weighted by molar-refractivity contribution is 6.42. The van der Waals surface area contributed by atoms with Crippen LogP contribution in [0, 0.1) is 5.92 Å². The molecule has 1 saturated heterocycles. The van der Waals surface area contributed by atoms with Crippen molar-refractivity contribution in [1.29, 1.82) is 0 Å². The molecule has 0 aromatic heterocycles. The number of ether oxygens (including phenoxy) is 2. The van der Waals surface area contributed by atoms with Crippen LogP contribution >= 0.6 is 23.2 Å². The molecule has 5 heteroatoms. The van der Waals surface area contributed by atoms with E-state index in [4.69, 9.17) is 32.7 Å². The van der Waals surface area contributed by atoms with Gasteiger partial charge in [-0.1, -0.05) is 43.0 Å². The Bertz CT molecular complexity index is 498. The van der Waals surface area contributed by atoms with E-state index in [0.717, 1.165) is 18.7 Å². The molecule has 0 radical (unpaired) electrons. The van der Waals surface area contributed by atoms with Gasteiger partial charge in [0, 0.05) is 19.7 Å². The van der Waals surface area contributed by atoms with E-state index in [9.17, 15) is 0 Å². The van der Waals surface area contributed by atoms with Gasteiger partial charge in [0.1, 0.15) is 5.75 Å². The number of hydrogen-bond acceptors (Lipinski definition) is 3. The van der Waals surface area contributed by atoms with Crippen LogP contribution < -0.4 is 4.74 Å². The van der Waals surface area contributed by atoms with Crippen LogP contribution in [-0.4, -0.2) is 44.4 Å². The third-order valence-electron chi connectivity index (χ3n) is 4.81. The third kappa shape index (κ3) is 6.11. The Labute approximate surface area is 156 Å². The summed E-state index contributed by atoms with van der Waals surface area (Å²) >= 11 is 11.9. The lowest BCUT2D eigenvalue weighted by atomic mass is 9.91. The predicted octanol–water partition coefficient (Wildman–Crippen LogP) is 5.29. The molecule has 1 aliphatic rings. The van der Waals surface area contributed by atoms with Crippen LogP contribution in [0.2, 0.25) is 10.0 Å². The fourth-order valence-corrected chi connectivity index (χ4v) is 3.60. The molecule has 0 bridgehead atoms. The normalized spacial score (nSPS) is 21.8. The van der Waals surface area contributed by atoms with Gasteiger partial charge in [0.05, 0.1) is 22.8 Å². The van der Waals surface area contributed by atoms with E-state index in [0.29, 0.717) is 28.7 Å². The largest absolute Gasteiger partial charge is 0.494 e. The maximum Gasteiger partial charge on any atom is 0.120 e. The molecular weight excluding hydrogens is 345 g/mol. The lowest BCUT2D eigenvalue weighted by Crippen LogP contribution is -2.45. The molecule has 0 amide bonds. The van der Waals surface area contributed by atoms with Crippen molar-refractivity contribution in [2.75, 3.05) is 33.4 Å². The Kier molecular flexibility index (Phi) is 8.68. The highest BCUT2D eigenvalue weighted by Crippen LogP contribution is 2.28. The summed E-state index contributed by atoms with van der Waals surface area (Å²) < 4.78 is 11.6. The lowest BCUT2D eigenvalue weighted by molar-refractivity contribution is -0.0180. The highest BCUT2D eigenvalue weighted by atomic mass is 35.5. The van der Waals surface area contributed by atoms with E-state index >= 15 is 0 Å². The molecule has 1 aliphatic heterocycles. The number of nitrogens with zero attached hydrogens (tertiary/aromatic N) is 1. The zero-order valence-electron chi connectivity index (χ0n) is 14.8. The Morgan fingerprint density at radius 1 is 1.21 bits per heavy atom. The first-order chi connectivity index (χ1) is 11.6. The average Bonchev–Trinajstić information content (AvgIpc) is 2.59. The van der Waals surface area contributed by atoms with Crippen molar-refractivity contribution in [3.63, 3.8) is 0 Å². The molecule has 1 fully saturated rings. The van der Waals surface area contributed by atoms with E-state index in [2.05, 4.69) is 11.8 Å². The van der Waals surface area contributed by atoms with E-state index in [1.54, 1.807) is 12.1 Å². The van der Waals surface area contributed by atoms with Crippen LogP contribution in [0.15, 0.2) is 18.2 Å². The number of benzene rings is 1. The number of halogens is 2. The molecule has 1 aromatic carbocycles. The van der Waals surface area contributed by atoms with Gasteiger partial charge < -0.3 is 14.4 Å².